The van der Waals surface area contributed by atoms with Gasteiger partial charge in [-0.05, 0) is 12.1 Å². The van der Waals surface area contributed by atoms with Crippen LogP contribution in [0.1, 0.15) is 18.2 Å². The highest BCUT2D eigenvalue weighted by Gasteiger charge is 2.42. The molecule has 10 nitrogen and oxygen atoms in total. The van der Waals surface area contributed by atoms with E-state index in [-0.39, 0.29) is 30.1 Å². The van der Waals surface area contributed by atoms with E-state index in [2.05, 4.69) is 20.1 Å². The van der Waals surface area contributed by atoms with Crippen molar-refractivity contribution < 1.29 is 18.8 Å². The van der Waals surface area contributed by atoms with Gasteiger partial charge in [0.05, 0.1) is 25.1 Å². The molecule has 31 heavy (non-hydrogen) atoms. The van der Waals surface area contributed by atoms with Crippen molar-refractivity contribution in [3.63, 3.8) is 0 Å². The molecule has 0 saturated carbocycles. The van der Waals surface area contributed by atoms with Gasteiger partial charge in [-0.1, -0.05) is 11.2 Å². The Labute approximate surface area is 177 Å². The Bertz CT molecular complexity index is 1110. The van der Waals surface area contributed by atoms with Crippen molar-refractivity contribution in [2.45, 2.75) is 12.3 Å². The Hall–Kier alpha value is -3.82. The van der Waals surface area contributed by atoms with Crippen LogP contribution in [-0.4, -0.2) is 63.6 Å². The molecule has 4 heterocycles. The molecule has 1 unspecified atom stereocenters. The van der Waals surface area contributed by atoms with Crippen LogP contribution in [0.3, 0.4) is 0 Å². The molecular weight excluding hydrogens is 400 g/mol. The minimum absolute atomic E-state index is 0.0199. The zero-order valence-corrected chi connectivity index (χ0v) is 16.8. The molecule has 0 spiro atoms. The molecule has 2 aliphatic rings. The van der Waals surface area contributed by atoms with Crippen LogP contribution in [0.25, 0.3) is 11.5 Å². The lowest BCUT2D eigenvalue weighted by Gasteiger charge is -2.38. The van der Waals surface area contributed by atoms with Crippen LogP contribution < -0.4 is 9.64 Å². The molecule has 3 aromatic rings. The van der Waals surface area contributed by atoms with E-state index in [0.29, 0.717) is 42.8 Å². The molecule has 1 aromatic carbocycles. The molecule has 158 valence electrons. The van der Waals surface area contributed by atoms with Crippen LogP contribution in [0.15, 0.2) is 47.4 Å². The fourth-order valence-corrected chi connectivity index (χ4v) is 3.89. The van der Waals surface area contributed by atoms with Gasteiger partial charge in [-0.3, -0.25) is 14.6 Å². The van der Waals surface area contributed by atoms with Crippen molar-refractivity contribution in [2.24, 2.45) is 5.92 Å². The lowest BCUT2D eigenvalue weighted by Crippen LogP contribution is -2.51. The molecule has 0 N–H and O–H groups in total. The number of carbonyl (C=O) groups excluding carboxylic acids is 2. The standard InChI is InChI=1S/C21H20N6O4/c1-30-16-4-2-3-15(8-16)27-12-13(7-18(27)28)21(29)26-10-14(11-26)20-24-19(25-31-20)17-9-22-5-6-23-17/h2-6,8-9,13-14H,7,10-12H2,1H3. The van der Waals surface area contributed by atoms with E-state index >= 15 is 0 Å². The molecule has 10 heteroatoms. The van der Waals surface area contributed by atoms with Gasteiger partial charge in [0.25, 0.3) is 0 Å². The highest BCUT2D eigenvalue weighted by Crippen LogP contribution is 2.32. The van der Waals surface area contributed by atoms with Crippen molar-refractivity contribution in [1.82, 2.24) is 25.0 Å². The maximum absolute atomic E-state index is 12.9. The molecule has 2 aliphatic heterocycles. The van der Waals surface area contributed by atoms with Gasteiger partial charge < -0.3 is 19.1 Å². The van der Waals surface area contributed by atoms with Gasteiger partial charge in [0.15, 0.2) is 0 Å². The number of hydrogen-bond donors (Lipinski definition) is 0. The molecule has 0 aliphatic carbocycles. The van der Waals surface area contributed by atoms with Gasteiger partial charge >= 0.3 is 0 Å². The monoisotopic (exact) mass is 420 g/mol. The SMILES string of the molecule is COc1cccc(N2CC(C(=O)N3CC(c4nc(-c5cnccn5)no4)C3)CC2=O)c1. The zero-order valence-electron chi connectivity index (χ0n) is 16.8. The van der Waals surface area contributed by atoms with Gasteiger partial charge in [-0.2, -0.15) is 4.98 Å². The average Bonchev–Trinajstić information content (AvgIpc) is 3.40. The summed E-state index contributed by atoms with van der Waals surface area (Å²) in [7, 11) is 1.58. The van der Waals surface area contributed by atoms with Crippen LogP contribution in [-0.2, 0) is 9.59 Å². The summed E-state index contributed by atoms with van der Waals surface area (Å²) in [4.78, 5) is 41.3. The van der Waals surface area contributed by atoms with E-state index < -0.39 is 0 Å². The van der Waals surface area contributed by atoms with Gasteiger partial charge in [0, 0.05) is 50.2 Å². The van der Waals surface area contributed by atoms with Gasteiger partial charge in [-0.15, -0.1) is 0 Å². The van der Waals surface area contributed by atoms with E-state index in [1.165, 1.54) is 0 Å². The zero-order chi connectivity index (χ0) is 21.4. The molecule has 2 aromatic heterocycles. The molecule has 2 saturated heterocycles. The van der Waals surface area contributed by atoms with E-state index in [4.69, 9.17) is 9.26 Å². The fourth-order valence-electron chi connectivity index (χ4n) is 3.89. The lowest BCUT2D eigenvalue weighted by atomic mass is 9.96. The number of ether oxygens (including phenoxy) is 1. The number of rotatable bonds is 5. The van der Waals surface area contributed by atoms with Crippen LogP contribution >= 0.6 is 0 Å². The van der Waals surface area contributed by atoms with Crippen LogP contribution in [0.2, 0.25) is 0 Å². The first-order valence-electron chi connectivity index (χ1n) is 9.95. The van der Waals surface area contributed by atoms with Crippen molar-refractivity contribution in [3.8, 4) is 17.3 Å². The first-order chi connectivity index (χ1) is 15.1. The second-order valence-electron chi connectivity index (χ2n) is 7.59. The first-order valence-corrected chi connectivity index (χ1v) is 9.95. The second kappa shape index (κ2) is 7.78. The Morgan fingerprint density at radius 2 is 2.10 bits per heavy atom. The van der Waals surface area contributed by atoms with E-state index in [1.807, 2.05) is 18.2 Å². The van der Waals surface area contributed by atoms with Crippen molar-refractivity contribution in [3.05, 3.63) is 48.7 Å². The summed E-state index contributed by atoms with van der Waals surface area (Å²) in [6.07, 6.45) is 4.90. The van der Waals surface area contributed by atoms with Crippen LogP contribution in [0.5, 0.6) is 5.75 Å². The van der Waals surface area contributed by atoms with E-state index in [0.717, 1.165) is 5.69 Å². The molecular formula is C21H20N6O4. The van der Waals surface area contributed by atoms with E-state index in [9.17, 15) is 9.59 Å². The summed E-state index contributed by atoms with van der Waals surface area (Å²) in [6.45, 7) is 1.35. The third kappa shape index (κ3) is 3.60. The number of aromatic nitrogens is 4. The summed E-state index contributed by atoms with van der Waals surface area (Å²) in [6, 6.07) is 7.29. The number of hydrogen-bond acceptors (Lipinski definition) is 8. The Kier molecular flexibility index (Phi) is 4.81. The van der Waals surface area contributed by atoms with Gasteiger partial charge in [-0.25, -0.2) is 4.98 Å². The largest absolute Gasteiger partial charge is 0.497 e. The minimum Gasteiger partial charge on any atom is -0.497 e. The molecule has 2 amide bonds. The third-order valence-corrected chi connectivity index (χ3v) is 5.62. The average molecular weight is 420 g/mol. The predicted octanol–water partition coefficient (Wildman–Crippen LogP) is 1.51. The van der Waals surface area contributed by atoms with Crippen LogP contribution in [0.4, 0.5) is 5.69 Å². The van der Waals surface area contributed by atoms with Crippen molar-refractivity contribution in [2.75, 3.05) is 31.6 Å². The fraction of sp³-hybridized carbons (Fsp3) is 0.333. The molecule has 1 atom stereocenters. The number of anilines is 1. The summed E-state index contributed by atoms with van der Waals surface area (Å²) < 4.78 is 10.6. The van der Waals surface area contributed by atoms with Crippen molar-refractivity contribution >= 4 is 17.5 Å². The number of amides is 2. The van der Waals surface area contributed by atoms with Gasteiger partial charge in [0.1, 0.15) is 11.4 Å². The van der Waals surface area contributed by atoms with Crippen molar-refractivity contribution in [1.29, 1.82) is 0 Å². The summed E-state index contributed by atoms with van der Waals surface area (Å²) in [5.74, 6) is 1.06. The maximum Gasteiger partial charge on any atom is 0.233 e. The third-order valence-electron chi connectivity index (χ3n) is 5.62. The quantitative estimate of drug-likeness (QED) is 0.610. The van der Waals surface area contributed by atoms with Crippen LogP contribution in [0, 0.1) is 5.92 Å². The molecule has 5 rings (SSSR count). The normalized spacial score (nSPS) is 18.9. The number of carbonyl (C=O) groups is 2. The summed E-state index contributed by atoms with van der Waals surface area (Å²) >= 11 is 0. The number of benzene rings is 1. The molecule has 0 bridgehead atoms. The Balaban J connectivity index is 1.20. The highest BCUT2D eigenvalue weighted by atomic mass is 16.5. The Morgan fingerprint density at radius 1 is 1.23 bits per heavy atom. The number of nitrogens with zero attached hydrogens (tertiary/aromatic N) is 6. The number of likely N-dealkylation sites (tertiary alicyclic amines) is 1. The molecule has 2 fully saturated rings. The van der Waals surface area contributed by atoms with Gasteiger partial charge in [0.2, 0.25) is 23.5 Å². The minimum atomic E-state index is -0.363. The second-order valence-corrected chi connectivity index (χ2v) is 7.59. The topological polar surface area (TPSA) is 115 Å². The highest BCUT2D eigenvalue weighted by molar-refractivity contribution is 6.00. The Morgan fingerprint density at radius 3 is 2.87 bits per heavy atom. The first kappa shape index (κ1) is 19.2. The summed E-state index contributed by atoms with van der Waals surface area (Å²) in [5.41, 5.74) is 1.27. The maximum atomic E-state index is 12.9. The predicted molar refractivity (Wildman–Crippen MR) is 108 cm³/mol. The summed E-state index contributed by atoms with van der Waals surface area (Å²) in [5, 5.41) is 3.95. The smallest absolute Gasteiger partial charge is 0.233 e. The number of methoxy groups -OCH3 is 1. The lowest BCUT2D eigenvalue weighted by molar-refractivity contribution is -0.140. The van der Waals surface area contributed by atoms with E-state index in [1.54, 1.807) is 41.6 Å². The molecule has 0 radical (unpaired) electrons.